The van der Waals surface area contributed by atoms with Gasteiger partial charge in [0.1, 0.15) is 0 Å². The van der Waals surface area contributed by atoms with Crippen molar-refractivity contribution in [3.05, 3.63) is 72.8 Å². The number of hydrogen-bond donors (Lipinski definition) is 2. The van der Waals surface area contributed by atoms with Crippen LogP contribution in [0.25, 0.3) is 0 Å². The Balaban J connectivity index is 1.61. The third kappa shape index (κ3) is 2.91. The molecule has 1 fully saturated rings. The molecule has 3 rings (SSSR count). The first-order chi connectivity index (χ1) is 10.7. The predicted molar refractivity (Wildman–Crippen MR) is 86.3 cm³/mol. The van der Waals surface area contributed by atoms with Crippen LogP contribution in [0.15, 0.2) is 72.8 Å². The van der Waals surface area contributed by atoms with Gasteiger partial charge in [-0.2, -0.15) is 0 Å². The van der Waals surface area contributed by atoms with Crippen LogP contribution >= 0.6 is 0 Å². The summed E-state index contributed by atoms with van der Waals surface area (Å²) < 4.78 is 0. The Hall–Kier alpha value is -2.88. The van der Waals surface area contributed by atoms with Crippen molar-refractivity contribution in [1.29, 1.82) is 0 Å². The average Bonchev–Trinajstić information content (AvgIpc) is 3.21. The highest BCUT2D eigenvalue weighted by atomic mass is 16.2. The second-order valence-corrected chi connectivity index (χ2v) is 5.24. The van der Waals surface area contributed by atoms with Crippen LogP contribution in [0.2, 0.25) is 0 Å². The van der Waals surface area contributed by atoms with Gasteiger partial charge in [0.05, 0.1) is 11.8 Å². The van der Waals surface area contributed by atoms with Crippen molar-refractivity contribution in [3.63, 3.8) is 0 Å². The molecular formula is C18H16N2O2. The smallest absolute Gasteiger partial charge is 0.232 e. The molecule has 4 heteroatoms. The first-order valence-corrected chi connectivity index (χ1v) is 7.07. The quantitative estimate of drug-likeness (QED) is 0.851. The van der Waals surface area contributed by atoms with Crippen molar-refractivity contribution >= 4 is 23.2 Å². The Labute approximate surface area is 128 Å². The molecule has 0 bridgehead atoms. The van der Waals surface area contributed by atoms with Crippen molar-refractivity contribution in [2.24, 2.45) is 11.8 Å². The summed E-state index contributed by atoms with van der Waals surface area (Å²) in [7, 11) is 0. The Morgan fingerprint density at radius 2 is 1.09 bits per heavy atom. The second-order valence-electron chi connectivity index (χ2n) is 5.24. The Kier molecular flexibility index (Phi) is 3.74. The van der Waals surface area contributed by atoms with Gasteiger partial charge >= 0.3 is 0 Å². The lowest BCUT2D eigenvalue weighted by Gasteiger charge is -2.05. The Morgan fingerprint density at radius 3 is 1.45 bits per heavy atom. The summed E-state index contributed by atoms with van der Waals surface area (Å²) in [6.45, 7) is 3.83. The molecule has 110 valence electrons. The first-order valence-electron chi connectivity index (χ1n) is 7.07. The van der Waals surface area contributed by atoms with Gasteiger partial charge in [-0.15, -0.1) is 0 Å². The highest BCUT2D eigenvalue weighted by Crippen LogP contribution is 2.45. The number of carbonyl (C=O) groups is 2. The molecule has 2 aromatic rings. The van der Waals surface area contributed by atoms with Crippen LogP contribution in [0.5, 0.6) is 0 Å². The van der Waals surface area contributed by atoms with Crippen LogP contribution in [-0.2, 0) is 9.59 Å². The van der Waals surface area contributed by atoms with Gasteiger partial charge in [-0.05, 0) is 24.3 Å². The van der Waals surface area contributed by atoms with E-state index in [9.17, 15) is 9.59 Å². The fourth-order valence-electron chi connectivity index (χ4n) is 2.44. The lowest BCUT2D eigenvalue weighted by atomic mass is 10.2. The average molecular weight is 292 g/mol. The summed E-state index contributed by atoms with van der Waals surface area (Å²) in [5, 5.41) is 5.61. The van der Waals surface area contributed by atoms with Crippen LogP contribution in [0, 0.1) is 11.8 Å². The van der Waals surface area contributed by atoms with E-state index in [2.05, 4.69) is 17.2 Å². The standard InChI is InChI=1S/C18H16N2O2/c1-12-15(17(21)19-13-8-4-2-5-9-13)16(12)18(22)20-14-10-6-3-7-11-14/h2-11,15-16H,1H2,(H,19,21)(H,20,22)/t15-,16?/m0/s1. The SMILES string of the molecule is C=C1C(C(=O)Nc2ccccc2)[C@H]1C(=O)Nc1ccccc1. The highest BCUT2D eigenvalue weighted by Gasteiger charge is 2.52. The van der Waals surface area contributed by atoms with Crippen LogP contribution in [-0.4, -0.2) is 11.8 Å². The van der Waals surface area contributed by atoms with E-state index in [0.29, 0.717) is 5.57 Å². The molecule has 1 saturated carbocycles. The molecule has 1 unspecified atom stereocenters. The number of rotatable bonds is 4. The van der Waals surface area contributed by atoms with Gasteiger partial charge in [0, 0.05) is 11.4 Å². The zero-order valence-corrected chi connectivity index (χ0v) is 12.0. The van der Waals surface area contributed by atoms with Crippen LogP contribution in [0.4, 0.5) is 11.4 Å². The maximum absolute atomic E-state index is 12.2. The molecule has 1 aliphatic carbocycles. The lowest BCUT2D eigenvalue weighted by Crippen LogP contribution is -2.20. The van der Waals surface area contributed by atoms with E-state index in [-0.39, 0.29) is 11.8 Å². The number of hydrogen-bond acceptors (Lipinski definition) is 2. The highest BCUT2D eigenvalue weighted by molar-refractivity contribution is 6.08. The number of amides is 2. The fraction of sp³-hybridized carbons (Fsp3) is 0.111. The third-order valence-electron chi connectivity index (χ3n) is 3.67. The molecule has 22 heavy (non-hydrogen) atoms. The van der Waals surface area contributed by atoms with E-state index >= 15 is 0 Å². The predicted octanol–water partition coefficient (Wildman–Crippen LogP) is 3.07. The Bertz CT molecular complexity index is 649. The summed E-state index contributed by atoms with van der Waals surface area (Å²) in [6, 6.07) is 18.4. The van der Waals surface area contributed by atoms with Crippen molar-refractivity contribution < 1.29 is 9.59 Å². The molecule has 2 N–H and O–H groups in total. The van der Waals surface area contributed by atoms with Gasteiger partial charge in [-0.1, -0.05) is 48.6 Å². The van der Waals surface area contributed by atoms with Crippen molar-refractivity contribution in [2.45, 2.75) is 0 Å². The summed E-state index contributed by atoms with van der Waals surface area (Å²) >= 11 is 0. The molecule has 0 spiro atoms. The lowest BCUT2D eigenvalue weighted by molar-refractivity contribution is -0.122. The largest absolute Gasteiger partial charge is 0.326 e. The van der Waals surface area contributed by atoms with Gasteiger partial charge in [0.25, 0.3) is 0 Å². The molecule has 1 aliphatic rings. The van der Waals surface area contributed by atoms with Crippen LogP contribution in [0.1, 0.15) is 0 Å². The van der Waals surface area contributed by atoms with E-state index in [1.807, 2.05) is 60.7 Å². The third-order valence-corrected chi connectivity index (χ3v) is 3.67. The molecule has 0 radical (unpaired) electrons. The summed E-state index contributed by atoms with van der Waals surface area (Å²) in [5.74, 6) is -1.29. The number of anilines is 2. The number of para-hydroxylation sites is 2. The molecule has 0 heterocycles. The van der Waals surface area contributed by atoms with E-state index in [1.165, 1.54) is 0 Å². The van der Waals surface area contributed by atoms with Gasteiger partial charge < -0.3 is 10.6 Å². The van der Waals surface area contributed by atoms with Gasteiger partial charge in [0.15, 0.2) is 0 Å². The fourth-order valence-corrected chi connectivity index (χ4v) is 2.44. The molecule has 0 aliphatic heterocycles. The first kappa shape index (κ1) is 14.1. The Morgan fingerprint density at radius 1 is 0.727 bits per heavy atom. The normalized spacial score (nSPS) is 19.4. The minimum absolute atomic E-state index is 0.190. The maximum Gasteiger partial charge on any atom is 0.232 e. The molecule has 4 nitrogen and oxygen atoms in total. The van der Waals surface area contributed by atoms with E-state index in [4.69, 9.17) is 0 Å². The van der Waals surface area contributed by atoms with Crippen molar-refractivity contribution in [1.82, 2.24) is 0 Å². The van der Waals surface area contributed by atoms with E-state index in [1.54, 1.807) is 0 Å². The van der Waals surface area contributed by atoms with Gasteiger partial charge in [-0.3, -0.25) is 9.59 Å². The van der Waals surface area contributed by atoms with E-state index in [0.717, 1.165) is 11.4 Å². The second kappa shape index (κ2) is 5.85. The molecule has 0 aromatic heterocycles. The zero-order chi connectivity index (χ0) is 15.5. The summed E-state index contributed by atoms with van der Waals surface area (Å²) in [4.78, 5) is 24.4. The van der Waals surface area contributed by atoms with Crippen LogP contribution < -0.4 is 10.6 Å². The maximum atomic E-state index is 12.2. The molecule has 2 amide bonds. The van der Waals surface area contributed by atoms with E-state index < -0.39 is 11.8 Å². The number of benzene rings is 2. The zero-order valence-electron chi connectivity index (χ0n) is 12.0. The topological polar surface area (TPSA) is 58.2 Å². The number of carbonyl (C=O) groups excluding carboxylic acids is 2. The molecular weight excluding hydrogens is 276 g/mol. The monoisotopic (exact) mass is 292 g/mol. The van der Waals surface area contributed by atoms with Crippen LogP contribution in [0.3, 0.4) is 0 Å². The molecule has 0 saturated heterocycles. The summed E-state index contributed by atoms with van der Waals surface area (Å²) in [5.41, 5.74) is 2.09. The molecule has 2 aromatic carbocycles. The molecule has 2 atom stereocenters. The van der Waals surface area contributed by atoms with Crippen molar-refractivity contribution in [2.75, 3.05) is 10.6 Å². The minimum atomic E-state index is -0.455. The van der Waals surface area contributed by atoms with Gasteiger partial charge in [-0.25, -0.2) is 0 Å². The van der Waals surface area contributed by atoms with Gasteiger partial charge in [0.2, 0.25) is 11.8 Å². The minimum Gasteiger partial charge on any atom is -0.326 e. The van der Waals surface area contributed by atoms with Crippen molar-refractivity contribution in [3.8, 4) is 0 Å². The summed E-state index contributed by atoms with van der Waals surface area (Å²) in [6.07, 6.45) is 0. The number of nitrogens with one attached hydrogen (secondary N) is 2.